The molecular formula is C18H17N3OS. The molecule has 1 aromatic carbocycles. The van der Waals surface area contributed by atoms with Gasteiger partial charge in [-0.3, -0.25) is 4.79 Å². The Morgan fingerprint density at radius 2 is 2.17 bits per heavy atom. The van der Waals surface area contributed by atoms with Gasteiger partial charge in [-0.2, -0.15) is 5.26 Å². The van der Waals surface area contributed by atoms with Gasteiger partial charge in [0.2, 0.25) is 5.91 Å². The van der Waals surface area contributed by atoms with Crippen molar-refractivity contribution in [3.63, 3.8) is 0 Å². The summed E-state index contributed by atoms with van der Waals surface area (Å²) in [4.78, 5) is 13.7. The first kappa shape index (κ1) is 14.4. The van der Waals surface area contributed by atoms with Crippen molar-refractivity contribution in [2.75, 3.05) is 11.9 Å². The molecule has 116 valence electrons. The lowest BCUT2D eigenvalue weighted by atomic mass is 10.0. The number of carbonyl (C=O) groups excluding carboxylic acids is 1. The molecule has 4 nitrogen and oxygen atoms in total. The van der Waals surface area contributed by atoms with Gasteiger partial charge in [0.15, 0.2) is 0 Å². The Morgan fingerprint density at radius 3 is 2.96 bits per heavy atom. The van der Waals surface area contributed by atoms with Crippen LogP contribution in [0.2, 0.25) is 0 Å². The van der Waals surface area contributed by atoms with Gasteiger partial charge in [0.25, 0.3) is 0 Å². The lowest BCUT2D eigenvalue weighted by Crippen LogP contribution is -2.22. The normalized spacial score (nSPS) is 22.0. The maximum Gasteiger partial charge on any atom is 0.228 e. The van der Waals surface area contributed by atoms with Crippen molar-refractivity contribution >= 4 is 22.2 Å². The first-order chi connectivity index (χ1) is 11.3. The van der Waals surface area contributed by atoms with Gasteiger partial charge in [-0.15, -0.1) is 11.3 Å². The Balaban J connectivity index is 1.50. The summed E-state index contributed by atoms with van der Waals surface area (Å²) in [6.45, 7) is 1.69. The lowest BCUT2D eigenvalue weighted by molar-refractivity contribution is -0.117. The number of hydrogen-bond donors (Lipinski definition) is 2. The van der Waals surface area contributed by atoms with E-state index in [9.17, 15) is 10.1 Å². The number of rotatable bonds is 3. The molecule has 0 spiro atoms. The zero-order valence-corrected chi connectivity index (χ0v) is 13.5. The van der Waals surface area contributed by atoms with Gasteiger partial charge in [-0.1, -0.05) is 30.3 Å². The molecule has 5 heteroatoms. The van der Waals surface area contributed by atoms with Crippen molar-refractivity contribution in [2.24, 2.45) is 5.92 Å². The molecule has 2 N–H and O–H groups in total. The second-order valence-electron chi connectivity index (χ2n) is 6.10. The SMILES string of the molecule is N#Cc1c(NC(=O)C2CC2c2ccccc2)sc2c1CCNC2. The fourth-order valence-corrected chi connectivity index (χ4v) is 4.47. The number of nitriles is 1. The second kappa shape index (κ2) is 5.80. The third-order valence-electron chi connectivity index (χ3n) is 4.63. The molecule has 0 bridgehead atoms. The van der Waals surface area contributed by atoms with Crippen LogP contribution in [-0.2, 0) is 17.8 Å². The third kappa shape index (κ3) is 2.65. The van der Waals surface area contributed by atoms with Crippen molar-refractivity contribution in [1.29, 1.82) is 5.26 Å². The summed E-state index contributed by atoms with van der Waals surface area (Å²) in [6, 6.07) is 12.4. The van der Waals surface area contributed by atoms with Crippen LogP contribution in [0.4, 0.5) is 5.00 Å². The van der Waals surface area contributed by atoms with E-state index in [0.29, 0.717) is 11.5 Å². The van der Waals surface area contributed by atoms with Crippen LogP contribution in [0.5, 0.6) is 0 Å². The minimum absolute atomic E-state index is 0.0289. The summed E-state index contributed by atoms with van der Waals surface area (Å²) in [7, 11) is 0. The molecule has 1 saturated carbocycles. The minimum Gasteiger partial charge on any atom is -0.316 e. The van der Waals surface area contributed by atoms with E-state index in [1.54, 1.807) is 11.3 Å². The molecule has 1 fully saturated rings. The Kier molecular flexibility index (Phi) is 3.64. The number of hydrogen-bond acceptors (Lipinski definition) is 4. The van der Waals surface area contributed by atoms with Gasteiger partial charge in [0.1, 0.15) is 11.1 Å². The number of carbonyl (C=O) groups is 1. The van der Waals surface area contributed by atoms with E-state index in [0.717, 1.165) is 36.5 Å². The van der Waals surface area contributed by atoms with Crippen LogP contribution in [-0.4, -0.2) is 12.5 Å². The van der Waals surface area contributed by atoms with Crippen molar-refractivity contribution < 1.29 is 4.79 Å². The summed E-state index contributed by atoms with van der Waals surface area (Å²) in [6.07, 6.45) is 1.76. The summed E-state index contributed by atoms with van der Waals surface area (Å²) >= 11 is 1.54. The monoisotopic (exact) mass is 323 g/mol. The number of amides is 1. The van der Waals surface area contributed by atoms with Crippen molar-refractivity contribution in [1.82, 2.24) is 5.32 Å². The van der Waals surface area contributed by atoms with E-state index < -0.39 is 0 Å². The lowest BCUT2D eigenvalue weighted by Gasteiger charge is -2.11. The van der Waals surface area contributed by atoms with Crippen LogP contribution in [0.3, 0.4) is 0 Å². The van der Waals surface area contributed by atoms with E-state index in [4.69, 9.17) is 0 Å². The first-order valence-electron chi connectivity index (χ1n) is 7.89. The van der Waals surface area contributed by atoms with Gasteiger partial charge in [-0.05, 0) is 36.4 Å². The van der Waals surface area contributed by atoms with Gasteiger partial charge in [-0.25, -0.2) is 0 Å². The van der Waals surface area contributed by atoms with E-state index in [1.165, 1.54) is 10.4 Å². The number of nitrogens with one attached hydrogen (secondary N) is 2. The van der Waals surface area contributed by atoms with Gasteiger partial charge in [0, 0.05) is 17.3 Å². The minimum atomic E-state index is 0.0289. The van der Waals surface area contributed by atoms with Gasteiger partial charge >= 0.3 is 0 Å². The number of benzene rings is 1. The number of thiophene rings is 1. The summed E-state index contributed by atoms with van der Waals surface area (Å²) < 4.78 is 0. The highest BCUT2D eigenvalue weighted by molar-refractivity contribution is 7.16. The Bertz CT molecular complexity index is 791. The highest BCUT2D eigenvalue weighted by atomic mass is 32.1. The van der Waals surface area contributed by atoms with Gasteiger partial charge < -0.3 is 10.6 Å². The van der Waals surface area contributed by atoms with E-state index in [-0.39, 0.29) is 11.8 Å². The topological polar surface area (TPSA) is 64.9 Å². The highest BCUT2D eigenvalue weighted by Gasteiger charge is 2.44. The number of fused-ring (bicyclic) bond motifs is 1. The van der Waals surface area contributed by atoms with Crippen molar-refractivity contribution in [3.8, 4) is 6.07 Å². The average Bonchev–Trinajstić information content (AvgIpc) is 3.31. The first-order valence-corrected chi connectivity index (χ1v) is 8.70. The highest BCUT2D eigenvalue weighted by Crippen LogP contribution is 2.48. The van der Waals surface area contributed by atoms with Crippen LogP contribution in [0, 0.1) is 17.2 Å². The molecule has 2 aliphatic rings. The Morgan fingerprint density at radius 1 is 1.35 bits per heavy atom. The van der Waals surface area contributed by atoms with E-state index in [2.05, 4.69) is 28.8 Å². The number of anilines is 1. The fraction of sp³-hybridized carbons (Fsp3) is 0.333. The Hall–Kier alpha value is -2.16. The van der Waals surface area contributed by atoms with Crippen LogP contribution >= 0.6 is 11.3 Å². The second-order valence-corrected chi connectivity index (χ2v) is 7.20. The summed E-state index contributed by atoms with van der Waals surface area (Å²) in [5.41, 5.74) is 3.00. The quantitative estimate of drug-likeness (QED) is 0.912. The third-order valence-corrected chi connectivity index (χ3v) is 5.78. The largest absolute Gasteiger partial charge is 0.316 e. The standard InChI is InChI=1S/C18H17N3OS/c19-9-15-12-6-7-20-10-16(12)23-18(15)21-17(22)14-8-13(14)11-4-2-1-3-5-11/h1-5,13-14,20H,6-8,10H2,(H,21,22). The molecule has 1 aliphatic heterocycles. The van der Waals surface area contributed by atoms with E-state index in [1.807, 2.05) is 18.2 Å². The van der Waals surface area contributed by atoms with Crippen LogP contribution in [0.25, 0.3) is 0 Å². The maximum atomic E-state index is 12.5. The molecule has 2 aromatic rings. The Labute approximate surface area is 139 Å². The molecule has 2 heterocycles. The average molecular weight is 323 g/mol. The molecule has 23 heavy (non-hydrogen) atoms. The fourth-order valence-electron chi connectivity index (χ4n) is 3.30. The van der Waals surface area contributed by atoms with Crippen LogP contribution in [0.15, 0.2) is 30.3 Å². The summed E-state index contributed by atoms with van der Waals surface area (Å²) in [5, 5.41) is 16.5. The molecule has 1 aliphatic carbocycles. The van der Waals surface area contributed by atoms with Crippen molar-refractivity contribution in [2.45, 2.75) is 25.3 Å². The molecule has 2 atom stereocenters. The number of nitrogens with zero attached hydrogens (tertiary/aromatic N) is 1. The predicted molar refractivity (Wildman–Crippen MR) is 90.4 cm³/mol. The zero-order valence-electron chi connectivity index (χ0n) is 12.6. The molecule has 0 radical (unpaired) electrons. The van der Waals surface area contributed by atoms with Crippen LogP contribution < -0.4 is 10.6 Å². The van der Waals surface area contributed by atoms with E-state index >= 15 is 0 Å². The molecule has 0 saturated heterocycles. The molecule has 1 amide bonds. The van der Waals surface area contributed by atoms with Crippen LogP contribution in [0.1, 0.15) is 33.9 Å². The molecular weight excluding hydrogens is 306 g/mol. The summed E-state index contributed by atoms with van der Waals surface area (Å²) in [5.74, 6) is 0.390. The smallest absolute Gasteiger partial charge is 0.228 e. The molecule has 4 rings (SSSR count). The molecule has 2 unspecified atom stereocenters. The zero-order chi connectivity index (χ0) is 15.8. The predicted octanol–water partition coefficient (Wildman–Crippen LogP) is 3.01. The van der Waals surface area contributed by atoms with Crippen molar-refractivity contribution in [3.05, 3.63) is 51.9 Å². The molecule has 1 aromatic heterocycles. The van der Waals surface area contributed by atoms with Gasteiger partial charge in [0.05, 0.1) is 5.56 Å². The maximum absolute atomic E-state index is 12.5.